The molecule has 4 nitrogen and oxygen atoms in total. The van der Waals surface area contributed by atoms with Crippen LogP contribution in [0, 0.1) is 0 Å². The smallest absolute Gasteiger partial charge is 0.338 e. The second-order valence-corrected chi connectivity index (χ2v) is 3.27. The van der Waals surface area contributed by atoms with Crippen LogP contribution in [0.4, 0.5) is 0 Å². The highest BCUT2D eigenvalue weighted by Gasteiger charge is 2.44. The monoisotopic (exact) mass is 174 g/mol. The summed E-state index contributed by atoms with van der Waals surface area (Å²) in [6, 6.07) is 0. The highest BCUT2D eigenvalue weighted by atomic mass is 16.6. The molecule has 12 heavy (non-hydrogen) atoms. The Morgan fingerprint density at radius 3 is 2.67 bits per heavy atom. The molecule has 0 bridgehead atoms. The average Bonchev–Trinajstić information content (AvgIpc) is 2.35. The number of carbonyl (C=O) groups is 1. The first-order chi connectivity index (χ1) is 5.57. The van der Waals surface area contributed by atoms with Crippen molar-refractivity contribution in [1.82, 2.24) is 0 Å². The van der Waals surface area contributed by atoms with Crippen LogP contribution >= 0.6 is 0 Å². The fraction of sp³-hybridized carbons (Fsp3) is 0.875. The van der Waals surface area contributed by atoms with Crippen molar-refractivity contribution in [2.75, 3.05) is 13.2 Å². The fourth-order valence-electron chi connectivity index (χ4n) is 1.31. The lowest BCUT2D eigenvalue weighted by molar-refractivity contribution is -0.171. The molecule has 0 radical (unpaired) electrons. The summed E-state index contributed by atoms with van der Waals surface area (Å²) >= 11 is 0. The molecule has 1 N–H and O–H groups in total. The van der Waals surface area contributed by atoms with Crippen molar-refractivity contribution in [3.8, 4) is 0 Å². The molecule has 1 aliphatic rings. The van der Waals surface area contributed by atoms with E-state index in [-0.39, 0.29) is 12.7 Å². The van der Waals surface area contributed by atoms with Crippen LogP contribution in [0.15, 0.2) is 0 Å². The van der Waals surface area contributed by atoms with Gasteiger partial charge in [0.05, 0.1) is 19.3 Å². The quantitative estimate of drug-likeness (QED) is 0.682. The van der Waals surface area contributed by atoms with Gasteiger partial charge < -0.3 is 14.6 Å². The molecular formula is C8H14O4. The van der Waals surface area contributed by atoms with Crippen molar-refractivity contribution >= 4 is 5.97 Å². The van der Waals surface area contributed by atoms with Gasteiger partial charge in [-0.05, 0) is 13.8 Å². The first-order valence-electron chi connectivity index (χ1n) is 4.06. The Morgan fingerprint density at radius 2 is 2.33 bits per heavy atom. The van der Waals surface area contributed by atoms with Gasteiger partial charge in [-0.15, -0.1) is 0 Å². The minimum atomic E-state index is -1.09. The van der Waals surface area contributed by atoms with Gasteiger partial charge in [-0.1, -0.05) is 0 Å². The second-order valence-electron chi connectivity index (χ2n) is 3.27. The number of rotatable bonds is 3. The number of hydrogen-bond acceptors (Lipinski definition) is 3. The van der Waals surface area contributed by atoms with Gasteiger partial charge >= 0.3 is 5.97 Å². The highest BCUT2D eigenvalue weighted by Crippen LogP contribution is 2.24. The van der Waals surface area contributed by atoms with Crippen molar-refractivity contribution in [3.05, 3.63) is 0 Å². The van der Waals surface area contributed by atoms with E-state index < -0.39 is 11.6 Å². The summed E-state index contributed by atoms with van der Waals surface area (Å²) < 4.78 is 10.4. The molecule has 0 aromatic heterocycles. The molecule has 1 rings (SSSR count). The third-order valence-corrected chi connectivity index (χ3v) is 1.84. The van der Waals surface area contributed by atoms with Crippen LogP contribution in [0.5, 0.6) is 0 Å². The van der Waals surface area contributed by atoms with Crippen LogP contribution in [0.1, 0.15) is 20.3 Å². The lowest BCUT2D eigenvalue weighted by atomic mass is 10.0. The Kier molecular flexibility index (Phi) is 2.69. The summed E-state index contributed by atoms with van der Waals surface area (Å²) in [7, 11) is 0. The Labute approximate surface area is 71.5 Å². The highest BCUT2D eigenvalue weighted by molar-refractivity contribution is 5.78. The summed E-state index contributed by atoms with van der Waals surface area (Å²) in [6.45, 7) is 4.28. The summed E-state index contributed by atoms with van der Waals surface area (Å²) in [5, 5.41) is 8.91. The fourth-order valence-corrected chi connectivity index (χ4v) is 1.31. The number of carboxylic acids is 1. The minimum Gasteiger partial charge on any atom is -0.479 e. The number of hydrogen-bond donors (Lipinski definition) is 1. The normalized spacial score (nSPS) is 29.6. The zero-order valence-corrected chi connectivity index (χ0v) is 7.37. The Hall–Kier alpha value is -0.610. The molecule has 0 aliphatic carbocycles. The summed E-state index contributed by atoms with van der Waals surface area (Å²) in [6.07, 6.45) is 0.364. The van der Waals surface area contributed by atoms with E-state index in [0.717, 1.165) is 0 Å². The van der Waals surface area contributed by atoms with E-state index in [4.69, 9.17) is 14.6 Å². The molecule has 4 heteroatoms. The van der Waals surface area contributed by atoms with Crippen molar-refractivity contribution in [2.24, 2.45) is 0 Å². The zero-order valence-electron chi connectivity index (χ0n) is 7.37. The van der Waals surface area contributed by atoms with Gasteiger partial charge in [0, 0.05) is 6.42 Å². The Morgan fingerprint density at radius 1 is 1.67 bits per heavy atom. The SMILES string of the molecule is CC(C)O[C@@]1(C(=O)O)CCOC1. The zero-order chi connectivity index (χ0) is 9.19. The van der Waals surface area contributed by atoms with Crippen molar-refractivity contribution in [1.29, 1.82) is 0 Å². The van der Waals surface area contributed by atoms with Crippen LogP contribution in [-0.4, -0.2) is 36.0 Å². The molecule has 0 amide bonds. The van der Waals surface area contributed by atoms with E-state index in [1.54, 1.807) is 0 Å². The molecule has 1 atom stereocenters. The summed E-state index contributed by atoms with van der Waals surface area (Å²) in [5.74, 6) is -0.922. The molecule has 0 spiro atoms. The third-order valence-electron chi connectivity index (χ3n) is 1.84. The first-order valence-corrected chi connectivity index (χ1v) is 4.06. The van der Waals surface area contributed by atoms with E-state index in [0.29, 0.717) is 13.0 Å². The van der Waals surface area contributed by atoms with Crippen LogP contribution in [0.2, 0.25) is 0 Å². The second kappa shape index (κ2) is 3.41. The Bertz CT molecular complexity index is 170. The number of ether oxygens (including phenoxy) is 2. The molecule has 1 aliphatic heterocycles. The van der Waals surface area contributed by atoms with Crippen LogP contribution in [0.25, 0.3) is 0 Å². The van der Waals surface area contributed by atoms with Crippen molar-refractivity contribution < 1.29 is 19.4 Å². The van der Waals surface area contributed by atoms with E-state index in [1.807, 2.05) is 13.8 Å². The van der Waals surface area contributed by atoms with Crippen molar-refractivity contribution in [2.45, 2.75) is 32.0 Å². The average molecular weight is 174 g/mol. The van der Waals surface area contributed by atoms with Gasteiger partial charge in [-0.3, -0.25) is 0 Å². The first kappa shape index (κ1) is 9.48. The molecular weight excluding hydrogens is 160 g/mol. The standard InChI is InChI=1S/C8H14O4/c1-6(2)12-8(7(9)10)3-4-11-5-8/h6H,3-5H2,1-2H3,(H,9,10)/t8-/m0/s1. The lowest BCUT2D eigenvalue weighted by Gasteiger charge is -2.25. The molecule has 0 saturated carbocycles. The molecule has 0 aromatic carbocycles. The maximum Gasteiger partial charge on any atom is 0.338 e. The van der Waals surface area contributed by atoms with Crippen LogP contribution < -0.4 is 0 Å². The van der Waals surface area contributed by atoms with Gasteiger partial charge in [0.15, 0.2) is 5.60 Å². The molecule has 1 heterocycles. The maximum atomic E-state index is 10.9. The predicted octanol–water partition coefficient (Wildman–Crippen LogP) is 0.655. The molecule has 1 saturated heterocycles. The van der Waals surface area contributed by atoms with E-state index in [1.165, 1.54) is 0 Å². The number of aliphatic carboxylic acids is 1. The topological polar surface area (TPSA) is 55.8 Å². The molecule has 1 fully saturated rings. The Balaban J connectivity index is 2.65. The summed E-state index contributed by atoms with van der Waals surface area (Å²) in [4.78, 5) is 10.9. The third kappa shape index (κ3) is 1.76. The minimum absolute atomic E-state index is 0.0807. The van der Waals surface area contributed by atoms with Crippen LogP contribution in [-0.2, 0) is 14.3 Å². The van der Waals surface area contributed by atoms with E-state index in [9.17, 15) is 4.79 Å². The molecule has 70 valence electrons. The van der Waals surface area contributed by atoms with Gasteiger partial charge in [-0.2, -0.15) is 0 Å². The van der Waals surface area contributed by atoms with Gasteiger partial charge in [0.2, 0.25) is 0 Å². The van der Waals surface area contributed by atoms with E-state index >= 15 is 0 Å². The summed E-state index contributed by atoms with van der Waals surface area (Å²) in [5.41, 5.74) is -1.09. The molecule has 0 aromatic rings. The van der Waals surface area contributed by atoms with Gasteiger partial charge in [0.25, 0.3) is 0 Å². The largest absolute Gasteiger partial charge is 0.479 e. The maximum absolute atomic E-state index is 10.9. The van der Waals surface area contributed by atoms with Crippen molar-refractivity contribution in [3.63, 3.8) is 0 Å². The van der Waals surface area contributed by atoms with Gasteiger partial charge in [-0.25, -0.2) is 4.79 Å². The van der Waals surface area contributed by atoms with Gasteiger partial charge in [0.1, 0.15) is 0 Å². The van der Waals surface area contributed by atoms with E-state index in [2.05, 4.69) is 0 Å². The number of carboxylic acid groups (broad SMARTS) is 1. The van der Waals surface area contributed by atoms with Crippen LogP contribution in [0.3, 0.4) is 0 Å². The lowest BCUT2D eigenvalue weighted by Crippen LogP contribution is -2.44. The molecule has 0 unspecified atom stereocenters. The predicted molar refractivity (Wildman–Crippen MR) is 42.0 cm³/mol.